The summed E-state index contributed by atoms with van der Waals surface area (Å²) in [5.41, 5.74) is 3.34. The third-order valence-electron chi connectivity index (χ3n) is 3.91. The van der Waals surface area contributed by atoms with Gasteiger partial charge in [0.25, 0.3) is 0 Å². The summed E-state index contributed by atoms with van der Waals surface area (Å²) < 4.78 is 0. The first-order valence-electron chi connectivity index (χ1n) is 5.62. The Morgan fingerprint density at radius 1 is 1.21 bits per heavy atom. The van der Waals surface area contributed by atoms with E-state index < -0.39 is 0 Å². The van der Waals surface area contributed by atoms with Crippen molar-refractivity contribution in [2.45, 2.75) is 19.8 Å². The van der Waals surface area contributed by atoms with Gasteiger partial charge in [-0.1, -0.05) is 49.0 Å². The predicted molar refractivity (Wildman–Crippen MR) is 59.8 cm³/mol. The lowest BCUT2D eigenvalue weighted by atomic mass is 9.83. The van der Waals surface area contributed by atoms with Crippen molar-refractivity contribution in [3.05, 3.63) is 47.6 Å². The molecule has 0 saturated carbocycles. The minimum absolute atomic E-state index is 0.682. The monoisotopic (exact) mass is 184 g/mol. The highest BCUT2D eigenvalue weighted by Crippen LogP contribution is 2.48. The molecule has 0 aromatic rings. The molecule has 72 valence electrons. The molecule has 3 aliphatic carbocycles. The Labute approximate surface area is 85.7 Å². The van der Waals surface area contributed by atoms with Crippen LogP contribution < -0.4 is 0 Å². The van der Waals surface area contributed by atoms with Gasteiger partial charge in [0.2, 0.25) is 0 Å². The van der Waals surface area contributed by atoms with Crippen LogP contribution in [-0.2, 0) is 0 Å². The quantitative estimate of drug-likeness (QED) is 0.539. The van der Waals surface area contributed by atoms with E-state index in [0.29, 0.717) is 5.92 Å². The summed E-state index contributed by atoms with van der Waals surface area (Å²) in [6, 6.07) is 0. The summed E-state index contributed by atoms with van der Waals surface area (Å²) in [5.74, 6) is 2.19. The van der Waals surface area contributed by atoms with Crippen LogP contribution in [0.3, 0.4) is 0 Å². The van der Waals surface area contributed by atoms with Crippen LogP contribution in [0.5, 0.6) is 0 Å². The second-order valence-electron chi connectivity index (χ2n) is 4.58. The van der Waals surface area contributed by atoms with E-state index in [1.54, 1.807) is 11.1 Å². The van der Waals surface area contributed by atoms with Crippen molar-refractivity contribution < 1.29 is 0 Å². The smallest absolute Gasteiger partial charge is 0.00892 e. The largest absolute Gasteiger partial charge is 0.0839 e. The fourth-order valence-corrected chi connectivity index (χ4v) is 3.16. The molecule has 0 aliphatic heterocycles. The van der Waals surface area contributed by atoms with Gasteiger partial charge in [0.05, 0.1) is 0 Å². The zero-order valence-corrected chi connectivity index (χ0v) is 8.61. The third kappa shape index (κ3) is 1.00. The summed E-state index contributed by atoms with van der Waals surface area (Å²) in [7, 11) is 0. The van der Waals surface area contributed by atoms with Crippen LogP contribution in [0.2, 0.25) is 0 Å². The van der Waals surface area contributed by atoms with Gasteiger partial charge in [0.1, 0.15) is 0 Å². The molecule has 0 fully saturated rings. The molecule has 3 rings (SSSR count). The number of hydrogen-bond acceptors (Lipinski definition) is 0. The lowest BCUT2D eigenvalue weighted by Gasteiger charge is -2.20. The van der Waals surface area contributed by atoms with Gasteiger partial charge < -0.3 is 0 Å². The van der Waals surface area contributed by atoms with E-state index >= 15 is 0 Å². The molecule has 3 atom stereocenters. The molecule has 3 unspecified atom stereocenters. The van der Waals surface area contributed by atoms with Gasteiger partial charge in [-0.2, -0.15) is 0 Å². The maximum absolute atomic E-state index is 2.39. The standard InChI is InChI=1S/C14H16/c1-10-11-6-2-4-8-13(11)14-9-5-3-7-12(10)14/h2,4-6,8-11,13H,3,7H2,1H3. The van der Waals surface area contributed by atoms with Crippen LogP contribution >= 0.6 is 0 Å². The molecule has 0 aromatic carbocycles. The van der Waals surface area contributed by atoms with E-state index in [4.69, 9.17) is 0 Å². The van der Waals surface area contributed by atoms with E-state index in [-0.39, 0.29) is 0 Å². The van der Waals surface area contributed by atoms with Gasteiger partial charge in [0, 0.05) is 5.92 Å². The van der Waals surface area contributed by atoms with Crippen LogP contribution in [0.1, 0.15) is 19.8 Å². The number of hydrogen-bond donors (Lipinski definition) is 0. The maximum atomic E-state index is 2.39. The Kier molecular flexibility index (Phi) is 1.76. The van der Waals surface area contributed by atoms with Gasteiger partial charge in [0.15, 0.2) is 0 Å². The summed E-state index contributed by atoms with van der Waals surface area (Å²) >= 11 is 0. The highest BCUT2D eigenvalue weighted by Gasteiger charge is 2.37. The van der Waals surface area contributed by atoms with E-state index in [1.807, 2.05) is 0 Å². The molecule has 0 spiro atoms. The molecule has 0 heteroatoms. The molecule has 3 aliphatic rings. The predicted octanol–water partition coefficient (Wildman–Crippen LogP) is 3.64. The van der Waals surface area contributed by atoms with E-state index in [1.165, 1.54) is 12.8 Å². The molecule has 0 amide bonds. The maximum Gasteiger partial charge on any atom is 0.00892 e. The lowest BCUT2D eigenvalue weighted by Crippen LogP contribution is -2.13. The van der Waals surface area contributed by atoms with Crippen LogP contribution in [0, 0.1) is 17.8 Å². The average molecular weight is 184 g/mol. The summed E-state index contributed by atoms with van der Waals surface area (Å²) in [6.45, 7) is 2.39. The van der Waals surface area contributed by atoms with Gasteiger partial charge in [-0.3, -0.25) is 0 Å². The molecule has 14 heavy (non-hydrogen) atoms. The fourth-order valence-electron chi connectivity index (χ4n) is 3.16. The first-order chi connectivity index (χ1) is 6.88. The Bertz CT molecular complexity index is 365. The molecule has 0 aromatic heterocycles. The molecular weight excluding hydrogens is 168 g/mol. The van der Waals surface area contributed by atoms with Crippen molar-refractivity contribution >= 4 is 0 Å². The van der Waals surface area contributed by atoms with Gasteiger partial charge >= 0.3 is 0 Å². The first-order valence-corrected chi connectivity index (χ1v) is 5.62. The lowest BCUT2D eigenvalue weighted by molar-refractivity contribution is 0.460. The summed E-state index contributed by atoms with van der Waals surface area (Å²) in [6.07, 6.45) is 16.4. The molecule has 0 heterocycles. The van der Waals surface area contributed by atoms with Gasteiger partial charge in [-0.15, -0.1) is 0 Å². The molecule has 0 bridgehead atoms. The minimum atomic E-state index is 0.682. The zero-order chi connectivity index (χ0) is 9.54. The van der Waals surface area contributed by atoms with Crippen LogP contribution in [0.25, 0.3) is 0 Å². The Morgan fingerprint density at radius 2 is 2.07 bits per heavy atom. The number of allylic oxidation sites excluding steroid dienone is 8. The van der Waals surface area contributed by atoms with Crippen LogP contribution in [-0.4, -0.2) is 0 Å². The topological polar surface area (TPSA) is 0 Å². The minimum Gasteiger partial charge on any atom is -0.0839 e. The second-order valence-corrected chi connectivity index (χ2v) is 4.58. The van der Waals surface area contributed by atoms with E-state index in [0.717, 1.165) is 11.8 Å². The van der Waals surface area contributed by atoms with Crippen molar-refractivity contribution in [3.63, 3.8) is 0 Å². The zero-order valence-electron chi connectivity index (χ0n) is 8.61. The highest BCUT2D eigenvalue weighted by molar-refractivity contribution is 5.44. The first kappa shape index (κ1) is 8.28. The molecule has 0 nitrogen and oxygen atoms in total. The van der Waals surface area contributed by atoms with Crippen molar-refractivity contribution in [1.82, 2.24) is 0 Å². The molecule has 0 N–H and O–H groups in total. The van der Waals surface area contributed by atoms with E-state index in [9.17, 15) is 0 Å². The summed E-state index contributed by atoms with van der Waals surface area (Å²) in [4.78, 5) is 0. The Morgan fingerprint density at radius 3 is 3.00 bits per heavy atom. The third-order valence-corrected chi connectivity index (χ3v) is 3.91. The fraction of sp³-hybridized carbons (Fsp3) is 0.429. The van der Waals surface area contributed by atoms with Crippen LogP contribution in [0.15, 0.2) is 47.6 Å². The van der Waals surface area contributed by atoms with E-state index in [2.05, 4.69) is 43.4 Å². The SMILES string of the molecule is CC1C2=C(C=CCC2)C2C=CC=CC12. The Balaban J connectivity index is 2.06. The van der Waals surface area contributed by atoms with Crippen molar-refractivity contribution in [2.75, 3.05) is 0 Å². The number of fused-ring (bicyclic) bond motifs is 2. The molecular formula is C14H16. The summed E-state index contributed by atoms with van der Waals surface area (Å²) in [5, 5.41) is 0. The average Bonchev–Trinajstić information content (AvgIpc) is 2.55. The van der Waals surface area contributed by atoms with Crippen molar-refractivity contribution in [2.24, 2.45) is 17.8 Å². The van der Waals surface area contributed by atoms with Gasteiger partial charge in [-0.25, -0.2) is 0 Å². The second kappa shape index (κ2) is 2.98. The van der Waals surface area contributed by atoms with Gasteiger partial charge in [-0.05, 0) is 30.3 Å². The number of rotatable bonds is 0. The molecule has 0 radical (unpaired) electrons. The Hall–Kier alpha value is -1.04. The highest BCUT2D eigenvalue weighted by atomic mass is 14.4. The normalized spacial score (nSPS) is 38.8. The molecule has 0 saturated heterocycles. The van der Waals surface area contributed by atoms with Crippen molar-refractivity contribution in [3.8, 4) is 0 Å². The van der Waals surface area contributed by atoms with Crippen molar-refractivity contribution in [1.29, 1.82) is 0 Å². The van der Waals surface area contributed by atoms with Crippen LogP contribution in [0.4, 0.5) is 0 Å².